The largest absolute Gasteiger partial charge is 0.496 e. The first-order valence-corrected chi connectivity index (χ1v) is 11.1. The van der Waals surface area contributed by atoms with Crippen LogP contribution in [-0.4, -0.2) is 44.3 Å². The SMILES string of the molecule is COc1cc(OC)c(C(=O)OCC(=O)c2cc(C)n(CCc3ccc(Cl)cc3)c2C)cc1OC. The number of ether oxygens (including phenoxy) is 4. The fourth-order valence-electron chi connectivity index (χ4n) is 3.79. The number of Topliss-reactive ketones (excluding diaryl/α,β-unsaturated/α-hetero) is 1. The number of carbonyl (C=O) groups is 2. The number of hydrogen-bond acceptors (Lipinski definition) is 6. The molecule has 0 amide bonds. The van der Waals surface area contributed by atoms with Gasteiger partial charge in [-0.15, -0.1) is 0 Å². The van der Waals surface area contributed by atoms with E-state index in [-0.39, 0.29) is 17.1 Å². The first kappa shape index (κ1) is 25.2. The highest BCUT2D eigenvalue weighted by Crippen LogP contribution is 2.35. The Hall–Kier alpha value is -3.45. The lowest BCUT2D eigenvalue weighted by atomic mass is 10.1. The van der Waals surface area contributed by atoms with E-state index < -0.39 is 12.6 Å². The molecule has 0 saturated heterocycles. The Labute approximate surface area is 204 Å². The minimum atomic E-state index is -0.692. The predicted octanol–water partition coefficient (Wildman–Crippen LogP) is 5.07. The van der Waals surface area contributed by atoms with Crippen molar-refractivity contribution in [2.45, 2.75) is 26.8 Å². The summed E-state index contributed by atoms with van der Waals surface area (Å²) in [4.78, 5) is 25.6. The Morgan fingerprint density at radius 3 is 2.09 bits per heavy atom. The Balaban J connectivity index is 1.70. The van der Waals surface area contributed by atoms with Crippen molar-refractivity contribution in [3.05, 3.63) is 75.6 Å². The number of aryl methyl sites for hydroxylation is 2. The first-order chi connectivity index (χ1) is 16.3. The molecular weight excluding hydrogens is 458 g/mol. The smallest absolute Gasteiger partial charge is 0.342 e. The molecule has 0 spiro atoms. The summed E-state index contributed by atoms with van der Waals surface area (Å²) in [6, 6.07) is 12.5. The lowest BCUT2D eigenvalue weighted by molar-refractivity contribution is 0.0471. The molecule has 3 aromatic rings. The second kappa shape index (κ2) is 11.1. The van der Waals surface area contributed by atoms with E-state index in [0.717, 1.165) is 29.9 Å². The summed E-state index contributed by atoms with van der Waals surface area (Å²) >= 11 is 5.96. The zero-order valence-corrected chi connectivity index (χ0v) is 20.7. The molecule has 180 valence electrons. The van der Waals surface area contributed by atoms with Crippen molar-refractivity contribution in [1.82, 2.24) is 4.57 Å². The summed E-state index contributed by atoms with van der Waals surface area (Å²) in [5.74, 6) is 0.0561. The fourth-order valence-corrected chi connectivity index (χ4v) is 3.92. The van der Waals surface area contributed by atoms with E-state index in [1.165, 1.54) is 33.5 Å². The van der Waals surface area contributed by atoms with Crippen molar-refractivity contribution < 1.29 is 28.5 Å². The summed E-state index contributed by atoms with van der Waals surface area (Å²) in [5, 5.41) is 0.699. The maximum absolute atomic E-state index is 12.9. The van der Waals surface area contributed by atoms with Crippen molar-refractivity contribution in [2.75, 3.05) is 27.9 Å². The number of hydrogen-bond donors (Lipinski definition) is 0. The van der Waals surface area contributed by atoms with Gasteiger partial charge in [-0.25, -0.2) is 4.79 Å². The monoisotopic (exact) mass is 485 g/mol. The van der Waals surface area contributed by atoms with Gasteiger partial charge in [0.1, 0.15) is 11.3 Å². The van der Waals surface area contributed by atoms with Gasteiger partial charge in [-0.05, 0) is 44.0 Å². The average molecular weight is 486 g/mol. The topological polar surface area (TPSA) is 76.0 Å². The van der Waals surface area contributed by atoms with Gasteiger partial charge in [0, 0.05) is 40.7 Å². The molecule has 1 heterocycles. The van der Waals surface area contributed by atoms with Crippen molar-refractivity contribution in [2.24, 2.45) is 0 Å². The molecule has 2 aromatic carbocycles. The van der Waals surface area contributed by atoms with Crippen LogP contribution in [0.15, 0.2) is 42.5 Å². The zero-order chi connectivity index (χ0) is 24.8. The van der Waals surface area contributed by atoms with Gasteiger partial charge in [0.15, 0.2) is 18.1 Å². The van der Waals surface area contributed by atoms with Crippen LogP contribution in [0, 0.1) is 13.8 Å². The third-order valence-corrected chi connectivity index (χ3v) is 5.92. The number of rotatable bonds is 10. The van der Waals surface area contributed by atoms with Gasteiger partial charge in [0.05, 0.1) is 21.3 Å². The van der Waals surface area contributed by atoms with Crippen LogP contribution in [0.2, 0.25) is 5.02 Å². The minimum Gasteiger partial charge on any atom is -0.496 e. The van der Waals surface area contributed by atoms with Gasteiger partial charge >= 0.3 is 5.97 Å². The highest BCUT2D eigenvalue weighted by Gasteiger charge is 2.22. The van der Waals surface area contributed by atoms with Gasteiger partial charge in [0.25, 0.3) is 0 Å². The predicted molar refractivity (Wildman–Crippen MR) is 130 cm³/mol. The molecule has 0 fully saturated rings. The van der Waals surface area contributed by atoms with Crippen LogP contribution in [0.1, 0.15) is 37.7 Å². The molecular formula is C26H28ClNO6. The maximum atomic E-state index is 12.9. The van der Waals surface area contributed by atoms with Crippen molar-refractivity contribution in [3.8, 4) is 17.2 Å². The number of methoxy groups -OCH3 is 3. The molecule has 0 N–H and O–H groups in total. The second-order valence-electron chi connectivity index (χ2n) is 7.72. The number of nitrogens with zero attached hydrogens (tertiary/aromatic N) is 1. The number of halogens is 1. The number of benzene rings is 2. The van der Waals surface area contributed by atoms with Gasteiger partial charge in [-0.2, -0.15) is 0 Å². The molecule has 3 rings (SSSR count). The standard InChI is InChI=1S/C26H28ClNO6/c1-16-12-20(17(2)28(16)11-10-18-6-8-19(27)9-7-18)22(29)15-34-26(30)21-13-24(32-4)25(33-5)14-23(21)31-3/h6-9,12-14H,10-11,15H2,1-5H3. The van der Waals surface area contributed by atoms with Crippen LogP contribution in [0.4, 0.5) is 0 Å². The van der Waals surface area contributed by atoms with E-state index in [1.807, 2.05) is 44.2 Å². The van der Waals surface area contributed by atoms with Gasteiger partial charge in [-0.1, -0.05) is 23.7 Å². The van der Waals surface area contributed by atoms with E-state index in [2.05, 4.69) is 4.57 Å². The van der Waals surface area contributed by atoms with E-state index >= 15 is 0 Å². The quantitative estimate of drug-likeness (QED) is 0.295. The summed E-state index contributed by atoms with van der Waals surface area (Å²) < 4.78 is 23.2. The second-order valence-corrected chi connectivity index (χ2v) is 8.16. The summed E-state index contributed by atoms with van der Waals surface area (Å²) in [6.07, 6.45) is 0.801. The third kappa shape index (κ3) is 5.54. The summed E-state index contributed by atoms with van der Waals surface area (Å²) in [7, 11) is 4.38. The Morgan fingerprint density at radius 1 is 0.853 bits per heavy atom. The summed E-state index contributed by atoms with van der Waals surface area (Å²) in [6.45, 7) is 4.17. The Kier molecular flexibility index (Phi) is 8.23. The van der Waals surface area contributed by atoms with Crippen LogP contribution in [0.3, 0.4) is 0 Å². The van der Waals surface area contributed by atoms with Crippen molar-refractivity contribution in [3.63, 3.8) is 0 Å². The molecule has 0 aliphatic rings. The zero-order valence-electron chi connectivity index (χ0n) is 19.9. The first-order valence-electron chi connectivity index (χ1n) is 10.7. The molecule has 0 bridgehead atoms. The number of aromatic nitrogens is 1. The van der Waals surface area contributed by atoms with Crippen LogP contribution in [-0.2, 0) is 17.7 Å². The number of carbonyl (C=O) groups excluding carboxylic acids is 2. The van der Waals surface area contributed by atoms with E-state index in [9.17, 15) is 9.59 Å². The molecule has 0 aliphatic carbocycles. The molecule has 1 aromatic heterocycles. The molecule has 0 aliphatic heterocycles. The lowest BCUT2D eigenvalue weighted by Crippen LogP contribution is -2.16. The van der Waals surface area contributed by atoms with Crippen molar-refractivity contribution >= 4 is 23.4 Å². The van der Waals surface area contributed by atoms with E-state index in [4.69, 9.17) is 30.5 Å². The Bertz CT molecular complexity index is 1180. The molecule has 7 nitrogen and oxygen atoms in total. The lowest BCUT2D eigenvalue weighted by Gasteiger charge is -2.13. The van der Waals surface area contributed by atoms with Crippen LogP contribution < -0.4 is 14.2 Å². The van der Waals surface area contributed by atoms with Crippen LogP contribution >= 0.6 is 11.6 Å². The molecule has 0 saturated carbocycles. The molecule has 0 unspecified atom stereocenters. The minimum absolute atomic E-state index is 0.140. The molecule has 0 atom stereocenters. The fraction of sp³-hybridized carbons (Fsp3) is 0.308. The normalized spacial score (nSPS) is 10.6. The van der Waals surface area contributed by atoms with Crippen molar-refractivity contribution in [1.29, 1.82) is 0 Å². The molecule has 8 heteroatoms. The number of ketones is 1. The van der Waals surface area contributed by atoms with Gasteiger partial charge < -0.3 is 23.5 Å². The number of esters is 1. The van der Waals surface area contributed by atoms with Crippen LogP contribution in [0.5, 0.6) is 17.2 Å². The molecule has 34 heavy (non-hydrogen) atoms. The maximum Gasteiger partial charge on any atom is 0.342 e. The molecule has 0 radical (unpaired) electrons. The van der Waals surface area contributed by atoms with E-state index in [0.29, 0.717) is 22.1 Å². The highest BCUT2D eigenvalue weighted by molar-refractivity contribution is 6.30. The Morgan fingerprint density at radius 2 is 1.47 bits per heavy atom. The van der Waals surface area contributed by atoms with E-state index in [1.54, 1.807) is 0 Å². The van der Waals surface area contributed by atoms with Gasteiger partial charge in [0.2, 0.25) is 5.78 Å². The van der Waals surface area contributed by atoms with Crippen LogP contribution in [0.25, 0.3) is 0 Å². The third-order valence-electron chi connectivity index (χ3n) is 5.67. The summed E-state index contributed by atoms with van der Waals surface area (Å²) in [5.41, 5.74) is 3.61. The highest BCUT2D eigenvalue weighted by atomic mass is 35.5. The van der Waals surface area contributed by atoms with Gasteiger partial charge in [-0.3, -0.25) is 4.79 Å². The average Bonchev–Trinajstić information content (AvgIpc) is 3.14.